The fourth-order valence-electron chi connectivity index (χ4n) is 1.30. The van der Waals surface area contributed by atoms with Crippen LogP contribution in [0.5, 0.6) is 5.75 Å². The molecule has 0 aromatic carbocycles. The third kappa shape index (κ3) is 2.82. The van der Waals surface area contributed by atoms with Crippen molar-refractivity contribution in [1.29, 1.82) is 0 Å². The molecule has 0 aliphatic carbocycles. The van der Waals surface area contributed by atoms with Crippen LogP contribution in [0.25, 0.3) is 0 Å². The Kier molecular flexibility index (Phi) is 4.75. The molecule has 0 radical (unpaired) electrons. The molecule has 2 heterocycles. The van der Waals surface area contributed by atoms with Gasteiger partial charge >= 0.3 is 0 Å². The standard InChI is InChI=1S/C10H11N5O2.ClH/c1-7-10(17)9(8(4-16)2-11-7)3-14-15-5-12-13-6-15;/h2-3,5-6,16-17H,4H2,1H3;1H. The number of hydrogen-bond donors (Lipinski definition) is 2. The fraction of sp³-hybridized carbons (Fsp3) is 0.200. The molecule has 0 aliphatic rings. The molecule has 0 amide bonds. The van der Waals surface area contributed by atoms with Gasteiger partial charge in [0.2, 0.25) is 0 Å². The molecule has 96 valence electrons. The molecule has 0 unspecified atom stereocenters. The normalized spacial score (nSPS) is 10.6. The van der Waals surface area contributed by atoms with Crippen LogP contribution < -0.4 is 0 Å². The van der Waals surface area contributed by atoms with Crippen molar-refractivity contribution in [2.75, 3.05) is 0 Å². The summed E-state index contributed by atoms with van der Waals surface area (Å²) < 4.78 is 1.39. The zero-order valence-electron chi connectivity index (χ0n) is 9.56. The highest BCUT2D eigenvalue weighted by molar-refractivity contribution is 5.85. The lowest BCUT2D eigenvalue weighted by molar-refractivity contribution is 0.280. The number of nitrogens with zero attached hydrogens (tertiary/aromatic N) is 5. The van der Waals surface area contributed by atoms with Crippen molar-refractivity contribution in [1.82, 2.24) is 19.9 Å². The summed E-state index contributed by atoms with van der Waals surface area (Å²) in [6, 6.07) is 0. The average Bonchev–Trinajstić information content (AvgIpc) is 2.84. The zero-order valence-corrected chi connectivity index (χ0v) is 10.4. The van der Waals surface area contributed by atoms with E-state index in [4.69, 9.17) is 5.11 Å². The number of aliphatic hydroxyl groups is 1. The largest absolute Gasteiger partial charge is 0.505 e. The summed E-state index contributed by atoms with van der Waals surface area (Å²) >= 11 is 0. The first-order valence-electron chi connectivity index (χ1n) is 4.89. The zero-order chi connectivity index (χ0) is 12.3. The van der Waals surface area contributed by atoms with Gasteiger partial charge in [-0.1, -0.05) is 0 Å². The van der Waals surface area contributed by atoms with E-state index in [0.29, 0.717) is 16.8 Å². The van der Waals surface area contributed by atoms with Gasteiger partial charge < -0.3 is 10.2 Å². The number of aromatic nitrogens is 4. The van der Waals surface area contributed by atoms with Gasteiger partial charge in [0.05, 0.1) is 18.5 Å². The lowest BCUT2D eigenvalue weighted by Gasteiger charge is -2.06. The molecule has 2 aromatic rings. The van der Waals surface area contributed by atoms with Crippen LogP contribution >= 0.6 is 12.4 Å². The van der Waals surface area contributed by atoms with Gasteiger partial charge in [-0.2, -0.15) is 5.10 Å². The maximum atomic E-state index is 9.83. The Bertz CT molecular complexity index is 541. The molecule has 0 saturated heterocycles. The molecule has 2 rings (SSSR count). The number of aliphatic hydroxyl groups excluding tert-OH is 1. The van der Waals surface area contributed by atoms with Gasteiger partial charge in [-0.05, 0) is 6.92 Å². The average molecular weight is 270 g/mol. The van der Waals surface area contributed by atoms with Gasteiger partial charge in [-0.3, -0.25) is 4.98 Å². The molecule has 0 atom stereocenters. The third-order valence-corrected chi connectivity index (χ3v) is 2.25. The number of rotatable bonds is 3. The van der Waals surface area contributed by atoms with Crippen molar-refractivity contribution in [2.45, 2.75) is 13.5 Å². The van der Waals surface area contributed by atoms with E-state index < -0.39 is 0 Å². The van der Waals surface area contributed by atoms with Crippen LogP contribution in [0.1, 0.15) is 16.8 Å². The molecule has 2 aromatic heterocycles. The minimum absolute atomic E-state index is 0. The van der Waals surface area contributed by atoms with Gasteiger partial charge in [-0.25, -0.2) is 4.68 Å². The minimum atomic E-state index is -0.218. The Hall–Kier alpha value is -1.99. The summed E-state index contributed by atoms with van der Waals surface area (Å²) in [5.41, 5.74) is 1.42. The molecule has 7 nitrogen and oxygen atoms in total. The molecule has 0 spiro atoms. The lowest BCUT2D eigenvalue weighted by Crippen LogP contribution is -1.99. The molecule has 0 saturated carbocycles. The van der Waals surface area contributed by atoms with Crippen molar-refractivity contribution < 1.29 is 10.2 Å². The summed E-state index contributed by atoms with van der Waals surface area (Å²) in [5, 5.41) is 30.2. The molecule has 8 heteroatoms. The van der Waals surface area contributed by atoms with Crippen molar-refractivity contribution in [3.8, 4) is 5.75 Å². The van der Waals surface area contributed by atoms with E-state index in [1.165, 1.54) is 29.7 Å². The Morgan fingerprint density at radius 2 is 2.06 bits per heavy atom. The van der Waals surface area contributed by atoms with E-state index in [9.17, 15) is 5.11 Å². The predicted octanol–water partition coefficient (Wildman–Crippen LogP) is 0.483. The van der Waals surface area contributed by atoms with E-state index in [-0.39, 0.29) is 24.8 Å². The SMILES string of the molecule is Cc1ncc(CO)c(C=Nn2cnnc2)c1O.Cl. The highest BCUT2D eigenvalue weighted by Crippen LogP contribution is 2.21. The highest BCUT2D eigenvalue weighted by Gasteiger charge is 2.09. The molecular formula is C10H12ClN5O2. The van der Waals surface area contributed by atoms with Crippen molar-refractivity contribution in [3.63, 3.8) is 0 Å². The summed E-state index contributed by atoms with van der Waals surface area (Å²) in [6.45, 7) is 1.46. The van der Waals surface area contributed by atoms with E-state index in [2.05, 4.69) is 20.3 Å². The Balaban J connectivity index is 0.00000162. The number of aromatic hydroxyl groups is 1. The van der Waals surface area contributed by atoms with Gasteiger partial charge in [0.1, 0.15) is 18.4 Å². The molecule has 0 bridgehead atoms. The van der Waals surface area contributed by atoms with Gasteiger partial charge in [0.15, 0.2) is 0 Å². The van der Waals surface area contributed by atoms with Gasteiger partial charge in [-0.15, -0.1) is 22.6 Å². The first-order valence-corrected chi connectivity index (χ1v) is 4.89. The van der Waals surface area contributed by atoms with Crippen LogP contribution in [0.15, 0.2) is 24.0 Å². The van der Waals surface area contributed by atoms with Crippen LogP contribution in [0, 0.1) is 6.92 Å². The first-order chi connectivity index (χ1) is 8.22. The second-order valence-corrected chi connectivity index (χ2v) is 3.38. The maximum Gasteiger partial charge on any atom is 0.145 e. The molecule has 18 heavy (non-hydrogen) atoms. The number of halogens is 1. The number of pyridine rings is 1. The number of aryl methyl sites for hydroxylation is 1. The van der Waals surface area contributed by atoms with E-state index >= 15 is 0 Å². The quantitative estimate of drug-likeness (QED) is 0.790. The lowest BCUT2D eigenvalue weighted by atomic mass is 10.1. The van der Waals surface area contributed by atoms with Crippen LogP contribution in [0.2, 0.25) is 0 Å². The second kappa shape index (κ2) is 6.08. The Morgan fingerprint density at radius 1 is 1.39 bits per heavy atom. The third-order valence-electron chi connectivity index (χ3n) is 2.25. The van der Waals surface area contributed by atoms with Crippen molar-refractivity contribution in [3.05, 3.63) is 35.7 Å². The minimum Gasteiger partial charge on any atom is -0.505 e. The monoisotopic (exact) mass is 269 g/mol. The second-order valence-electron chi connectivity index (χ2n) is 3.38. The first kappa shape index (κ1) is 14.1. The van der Waals surface area contributed by atoms with E-state index in [0.717, 1.165) is 0 Å². The maximum absolute atomic E-state index is 9.83. The fourth-order valence-corrected chi connectivity index (χ4v) is 1.30. The van der Waals surface area contributed by atoms with Crippen LogP contribution in [-0.4, -0.2) is 36.3 Å². The molecule has 0 aliphatic heterocycles. The number of hydrogen-bond acceptors (Lipinski definition) is 6. The highest BCUT2D eigenvalue weighted by atomic mass is 35.5. The van der Waals surface area contributed by atoms with Crippen LogP contribution in [0.4, 0.5) is 0 Å². The van der Waals surface area contributed by atoms with Crippen molar-refractivity contribution >= 4 is 18.6 Å². The Labute approximate surface area is 109 Å². The van der Waals surface area contributed by atoms with Gasteiger partial charge in [0.25, 0.3) is 0 Å². The summed E-state index contributed by atoms with van der Waals surface area (Å²) in [5.74, 6) is 0.00775. The molecule has 2 N–H and O–H groups in total. The summed E-state index contributed by atoms with van der Waals surface area (Å²) in [6.07, 6.45) is 5.77. The van der Waals surface area contributed by atoms with E-state index in [1.807, 2.05) is 0 Å². The summed E-state index contributed by atoms with van der Waals surface area (Å²) in [4.78, 5) is 3.95. The predicted molar refractivity (Wildman–Crippen MR) is 66.8 cm³/mol. The molecular weight excluding hydrogens is 258 g/mol. The topological polar surface area (TPSA) is 96.4 Å². The Morgan fingerprint density at radius 3 is 2.67 bits per heavy atom. The summed E-state index contributed by atoms with van der Waals surface area (Å²) in [7, 11) is 0. The molecule has 0 fully saturated rings. The smallest absolute Gasteiger partial charge is 0.145 e. The van der Waals surface area contributed by atoms with E-state index in [1.54, 1.807) is 6.92 Å². The van der Waals surface area contributed by atoms with Crippen LogP contribution in [0.3, 0.4) is 0 Å². The van der Waals surface area contributed by atoms with Gasteiger partial charge in [0, 0.05) is 17.3 Å². The van der Waals surface area contributed by atoms with Crippen LogP contribution in [-0.2, 0) is 6.61 Å². The van der Waals surface area contributed by atoms with Crippen molar-refractivity contribution in [2.24, 2.45) is 5.10 Å².